The first-order chi connectivity index (χ1) is 18.2. The molecule has 0 aromatic heterocycles. The van der Waals surface area contributed by atoms with Gasteiger partial charge < -0.3 is 35.2 Å². The van der Waals surface area contributed by atoms with Gasteiger partial charge >= 0.3 is 12.1 Å². The number of nitrogens with zero attached hydrogens (tertiary/aromatic N) is 1. The summed E-state index contributed by atoms with van der Waals surface area (Å²) >= 11 is 0. The third-order valence-corrected chi connectivity index (χ3v) is 5.73. The molecule has 4 N–H and O–H groups in total. The van der Waals surface area contributed by atoms with Crippen molar-refractivity contribution in [2.75, 3.05) is 19.8 Å². The maximum Gasteiger partial charge on any atom is 0.408 e. The fourth-order valence-corrected chi connectivity index (χ4v) is 3.84. The molecule has 1 aromatic rings. The maximum absolute atomic E-state index is 13.9. The van der Waals surface area contributed by atoms with Crippen LogP contribution in [0.2, 0.25) is 0 Å². The Kier molecular flexibility index (Phi) is 13.8. The van der Waals surface area contributed by atoms with Crippen LogP contribution in [-0.4, -0.2) is 76.4 Å². The number of hydrogen-bond donors (Lipinski definition) is 4. The summed E-state index contributed by atoms with van der Waals surface area (Å²) in [5.41, 5.74) is -0.426. The molecule has 1 rings (SSSR count). The highest BCUT2D eigenvalue weighted by Gasteiger charge is 2.38. The fourth-order valence-electron chi connectivity index (χ4n) is 3.84. The molecule has 1 aromatic carbocycles. The lowest BCUT2D eigenvalue weighted by Crippen LogP contribution is -2.56. The molecule has 0 aliphatic carbocycles. The lowest BCUT2D eigenvalue weighted by atomic mass is 9.97. The minimum absolute atomic E-state index is 0.0196. The van der Waals surface area contributed by atoms with Crippen molar-refractivity contribution in [3.8, 4) is 5.75 Å². The predicted octanol–water partition coefficient (Wildman–Crippen LogP) is 3.04. The lowest BCUT2D eigenvalue weighted by molar-refractivity contribution is -0.146. The number of esters is 1. The quantitative estimate of drug-likeness (QED) is 0.257. The number of phenolic OH excluding ortho intramolecular Hbond substituents is 1. The molecule has 0 saturated carbocycles. The molecule has 3 amide bonds. The Bertz CT molecular complexity index is 943. The van der Waals surface area contributed by atoms with E-state index < -0.39 is 54.2 Å². The van der Waals surface area contributed by atoms with Crippen LogP contribution in [0.15, 0.2) is 24.3 Å². The van der Waals surface area contributed by atoms with Gasteiger partial charge in [-0.1, -0.05) is 26.0 Å². The van der Waals surface area contributed by atoms with Crippen LogP contribution in [-0.2, 0) is 23.9 Å². The van der Waals surface area contributed by atoms with Gasteiger partial charge in [0.05, 0.1) is 19.6 Å². The second-order valence-electron chi connectivity index (χ2n) is 10.8. The summed E-state index contributed by atoms with van der Waals surface area (Å²) in [5.74, 6) is -1.42. The lowest BCUT2D eigenvalue weighted by Gasteiger charge is -2.38. The van der Waals surface area contributed by atoms with Gasteiger partial charge in [0.1, 0.15) is 23.4 Å². The van der Waals surface area contributed by atoms with Crippen LogP contribution in [0.4, 0.5) is 4.79 Å². The number of rotatable bonds is 14. The molecule has 0 saturated heterocycles. The Morgan fingerprint density at radius 3 is 2.15 bits per heavy atom. The third-order valence-electron chi connectivity index (χ3n) is 5.73. The SMILES string of the molecule is CCOC(=O)CCNC(=O)C(c1ccc(O)cc1)N(C(=O)C(CO)NC(=O)OC(C)(C)C)C(C)CCC(C)C. The molecule has 3 atom stereocenters. The standard InChI is InChI=1S/C28H45N3O8/c1-8-38-23(34)15-16-29-25(35)24(20-11-13-21(33)14-12-20)31(19(4)10-9-18(2)3)26(36)22(17-32)30-27(37)39-28(5,6)7/h11-14,18-19,22,24,32-33H,8-10,15-17H2,1-7H3,(H,29,35)(H,30,37). The number of carbonyl (C=O) groups excluding carboxylic acids is 4. The van der Waals surface area contributed by atoms with E-state index in [0.29, 0.717) is 17.9 Å². The number of carbonyl (C=O) groups is 4. The number of ether oxygens (including phenoxy) is 2. The van der Waals surface area contributed by atoms with E-state index in [1.54, 1.807) is 34.6 Å². The molecule has 39 heavy (non-hydrogen) atoms. The minimum atomic E-state index is -1.38. The highest BCUT2D eigenvalue weighted by molar-refractivity contribution is 5.92. The van der Waals surface area contributed by atoms with Crippen molar-refractivity contribution in [2.24, 2.45) is 5.92 Å². The Morgan fingerprint density at radius 1 is 1.03 bits per heavy atom. The predicted molar refractivity (Wildman–Crippen MR) is 146 cm³/mol. The largest absolute Gasteiger partial charge is 0.508 e. The number of aliphatic hydroxyl groups is 1. The van der Waals surface area contributed by atoms with E-state index in [9.17, 15) is 29.4 Å². The van der Waals surface area contributed by atoms with Gasteiger partial charge in [-0.25, -0.2) is 4.79 Å². The smallest absolute Gasteiger partial charge is 0.408 e. The summed E-state index contributed by atoms with van der Waals surface area (Å²) in [7, 11) is 0. The molecule has 0 aliphatic rings. The Labute approximate surface area is 231 Å². The van der Waals surface area contributed by atoms with Gasteiger partial charge in [0, 0.05) is 12.6 Å². The third kappa shape index (κ3) is 11.9. The van der Waals surface area contributed by atoms with Crippen LogP contribution >= 0.6 is 0 Å². The normalized spacial score (nSPS) is 13.7. The average Bonchev–Trinajstić information content (AvgIpc) is 2.83. The van der Waals surface area contributed by atoms with Crippen LogP contribution in [0.1, 0.15) is 79.3 Å². The van der Waals surface area contributed by atoms with Crippen molar-refractivity contribution >= 4 is 23.9 Å². The molecule has 3 unspecified atom stereocenters. The molecule has 0 aliphatic heterocycles. The van der Waals surface area contributed by atoms with Gasteiger partial charge in [0.25, 0.3) is 0 Å². The van der Waals surface area contributed by atoms with Crippen LogP contribution in [0.5, 0.6) is 5.75 Å². The number of nitrogens with one attached hydrogen (secondary N) is 2. The fraction of sp³-hybridized carbons (Fsp3) is 0.643. The molecule has 0 bridgehead atoms. The molecule has 0 spiro atoms. The van der Waals surface area contributed by atoms with E-state index in [1.807, 2.05) is 13.8 Å². The highest BCUT2D eigenvalue weighted by Crippen LogP contribution is 2.28. The second kappa shape index (κ2) is 15.9. The number of alkyl carbamates (subject to hydrolysis) is 1. The van der Waals surface area contributed by atoms with Crippen molar-refractivity contribution < 1.29 is 38.9 Å². The summed E-state index contributed by atoms with van der Waals surface area (Å²) in [6.45, 7) is 12.0. The summed E-state index contributed by atoms with van der Waals surface area (Å²) in [4.78, 5) is 53.1. The van der Waals surface area contributed by atoms with Crippen molar-refractivity contribution in [1.82, 2.24) is 15.5 Å². The average molecular weight is 552 g/mol. The number of hydrogen-bond acceptors (Lipinski definition) is 8. The van der Waals surface area contributed by atoms with Crippen LogP contribution in [0, 0.1) is 5.92 Å². The molecule has 11 heteroatoms. The first-order valence-electron chi connectivity index (χ1n) is 13.3. The number of aromatic hydroxyl groups is 1. The van der Waals surface area contributed by atoms with Gasteiger partial charge in [-0.3, -0.25) is 14.4 Å². The zero-order chi connectivity index (χ0) is 29.8. The molecule has 0 fully saturated rings. The summed E-state index contributed by atoms with van der Waals surface area (Å²) in [6, 6.07) is 2.80. The van der Waals surface area contributed by atoms with Gasteiger partial charge in [-0.05, 0) is 71.1 Å². The van der Waals surface area contributed by atoms with Crippen molar-refractivity contribution in [1.29, 1.82) is 0 Å². The maximum atomic E-state index is 13.9. The molecule has 220 valence electrons. The Balaban J connectivity index is 3.44. The zero-order valence-corrected chi connectivity index (χ0v) is 24.2. The summed E-state index contributed by atoms with van der Waals surface area (Å²) in [5, 5.41) is 25.0. The van der Waals surface area contributed by atoms with E-state index >= 15 is 0 Å². The van der Waals surface area contributed by atoms with Crippen molar-refractivity contribution in [3.63, 3.8) is 0 Å². The van der Waals surface area contributed by atoms with E-state index in [2.05, 4.69) is 10.6 Å². The number of benzene rings is 1. The topological polar surface area (TPSA) is 154 Å². The van der Waals surface area contributed by atoms with Gasteiger partial charge in [-0.15, -0.1) is 0 Å². The molecular weight excluding hydrogens is 506 g/mol. The van der Waals surface area contributed by atoms with Crippen LogP contribution in [0.3, 0.4) is 0 Å². The van der Waals surface area contributed by atoms with Crippen molar-refractivity contribution in [2.45, 2.75) is 91.5 Å². The highest BCUT2D eigenvalue weighted by atomic mass is 16.6. The molecule has 0 heterocycles. The summed E-state index contributed by atoms with van der Waals surface area (Å²) < 4.78 is 10.2. The summed E-state index contributed by atoms with van der Waals surface area (Å²) in [6.07, 6.45) is 0.350. The number of amides is 3. The van der Waals surface area contributed by atoms with Crippen molar-refractivity contribution in [3.05, 3.63) is 29.8 Å². The number of aliphatic hydroxyl groups excluding tert-OH is 1. The van der Waals surface area contributed by atoms with Crippen LogP contribution in [0.25, 0.3) is 0 Å². The zero-order valence-electron chi connectivity index (χ0n) is 24.2. The van der Waals surface area contributed by atoms with E-state index in [1.165, 1.54) is 29.2 Å². The molecule has 11 nitrogen and oxygen atoms in total. The minimum Gasteiger partial charge on any atom is -0.508 e. The van der Waals surface area contributed by atoms with E-state index in [4.69, 9.17) is 9.47 Å². The Morgan fingerprint density at radius 2 is 1.64 bits per heavy atom. The van der Waals surface area contributed by atoms with Gasteiger partial charge in [0.15, 0.2) is 0 Å². The molecular formula is C28H45N3O8. The van der Waals surface area contributed by atoms with Gasteiger partial charge in [0.2, 0.25) is 11.8 Å². The number of phenols is 1. The Hall–Kier alpha value is -3.34. The first kappa shape index (κ1) is 33.7. The first-order valence-corrected chi connectivity index (χ1v) is 13.3. The van der Waals surface area contributed by atoms with Gasteiger partial charge in [-0.2, -0.15) is 0 Å². The second-order valence-corrected chi connectivity index (χ2v) is 10.8. The van der Waals surface area contributed by atoms with E-state index in [0.717, 1.165) is 6.42 Å². The van der Waals surface area contributed by atoms with Crippen LogP contribution < -0.4 is 10.6 Å². The monoisotopic (exact) mass is 551 g/mol. The molecule has 0 radical (unpaired) electrons. The van der Waals surface area contributed by atoms with E-state index in [-0.39, 0.29) is 25.3 Å².